The fourth-order valence-corrected chi connectivity index (χ4v) is 1.85. The molecule has 0 aromatic rings. The van der Waals surface area contributed by atoms with Crippen molar-refractivity contribution in [3.05, 3.63) is 0 Å². The first kappa shape index (κ1) is 11.3. The third-order valence-electron chi connectivity index (χ3n) is 1.44. The van der Waals surface area contributed by atoms with Gasteiger partial charge in [-0.3, -0.25) is 4.79 Å². The first-order chi connectivity index (χ1) is 6.63. The maximum absolute atomic E-state index is 11.2. The molecular formula is C8H12O5S. The fourth-order valence-electron chi connectivity index (χ4n) is 0.963. The molecule has 0 aromatic heterocycles. The van der Waals surface area contributed by atoms with Gasteiger partial charge in [0.25, 0.3) is 0 Å². The number of carbonyl (C=O) groups is 2. The summed E-state index contributed by atoms with van der Waals surface area (Å²) in [5.74, 6) is -0.379. The average Bonchev–Trinajstić information content (AvgIpc) is 2.52. The Bertz CT molecular complexity index is 230. The van der Waals surface area contributed by atoms with E-state index in [2.05, 4.69) is 0 Å². The number of rotatable bonds is 3. The maximum atomic E-state index is 11.2. The van der Waals surface area contributed by atoms with Gasteiger partial charge in [0.2, 0.25) is 11.7 Å². The van der Waals surface area contributed by atoms with Crippen LogP contribution in [0.1, 0.15) is 13.8 Å². The topological polar surface area (TPSA) is 61.8 Å². The highest BCUT2D eigenvalue weighted by Gasteiger charge is 2.34. The predicted octanol–water partition coefficient (Wildman–Crippen LogP) is 0.528. The Kier molecular flexibility index (Phi) is 4.21. The van der Waals surface area contributed by atoms with Gasteiger partial charge in [0, 0.05) is 6.92 Å². The summed E-state index contributed by atoms with van der Waals surface area (Å²) in [6.07, 6.45) is -0.632. The van der Waals surface area contributed by atoms with Crippen LogP contribution in [-0.4, -0.2) is 36.0 Å². The standard InChI is InChI=1S/C8H12O5S/c1-3-11-7(10)8-13-6(4-14-8)12-5(2)9/h6,8H,3-4H2,1-2H3/t6-,8-/m1/s1. The van der Waals surface area contributed by atoms with Gasteiger partial charge in [-0.1, -0.05) is 0 Å². The molecule has 0 bridgehead atoms. The molecule has 0 aliphatic carbocycles. The van der Waals surface area contributed by atoms with E-state index in [-0.39, 0.29) is 0 Å². The van der Waals surface area contributed by atoms with E-state index in [1.165, 1.54) is 18.7 Å². The number of carbonyl (C=O) groups excluding carboxylic acids is 2. The Hall–Kier alpha value is -0.750. The molecule has 0 aromatic carbocycles. The molecule has 14 heavy (non-hydrogen) atoms. The molecule has 1 aliphatic rings. The Morgan fingerprint density at radius 3 is 2.86 bits per heavy atom. The SMILES string of the molecule is CCOC(=O)[C@@H]1O[C@@H](OC(C)=O)CS1. The second-order valence-electron chi connectivity index (χ2n) is 2.59. The van der Waals surface area contributed by atoms with Crippen LogP contribution in [0, 0.1) is 0 Å². The molecule has 1 heterocycles. The van der Waals surface area contributed by atoms with Crippen LogP contribution in [0.2, 0.25) is 0 Å². The smallest absolute Gasteiger partial charge is 0.345 e. The third kappa shape index (κ3) is 3.19. The normalized spacial score (nSPS) is 25.9. The lowest BCUT2D eigenvalue weighted by Crippen LogP contribution is -2.24. The van der Waals surface area contributed by atoms with Crippen molar-refractivity contribution in [1.82, 2.24) is 0 Å². The summed E-state index contributed by atoms with van der Waals surface area (Å²) in [6.45, 7) is 3.34. The highest BCUT2D eigenvalue weighted by Crippen LogP contribution is 2.26. The van der Waals surface area contributed by atoms with Gasteiger partial charge in [-0.25, -0.2) is 4.79 Å². The highest BCUT2D eigenvalue weighted by atomic mass is 32.2. The van der Waals surface area contributed by atoms with Gasteiger partial charge >= 0.3 is 11.9 Å². The summed E-state index contributed by atoms with van der Waals surface area (Å²) in [4.78, 5) is 21.7. The summed E-state index contributed by atoms with van der Waals surface area (Å²) in [5, 5.41) is 0. The largest absolute Gasteiger partial charge is 0.463 e. The van der Waals surface area contributed by atoms with E-state index >= 15 is 0 Å². The van der Waals surface area contributed by atoms with Crippen molar-refractivity contribution >= 4 is 23.7 Å². The molecule has 0 radical (unpaired) electrons. The molecule has 1 fully saturated rings. The zero-order valence-corrected chi connectivity index (χ0v) is 8.83. The zero-order valence-electron chi connectivity index (χ0n) is 8.02. The van der Waals surface area contributed by atoms with Crippen molar-refractivity contribution in [1.29, 1.82) is 0 Å². The summed E-state index contributed by atoms with van der Waals surface area (Å²) in [6, 6.07) is 0. The van der Waals surface area contributed by atoms with Crippen LogP contribution in [-0.2, 0) is 23.8 Å². The van der Waals surface area contributed by atoms with Crippen molar-refractivity contribution in [2.45, 2.75) is 25.6 Å². The van der Waals surface area contributed by atoms with E-state index < -0.39 is 23.7 Å². The quantitative estimate of drug-likeness (QED) is 0.646. The van der Waals surface area contributed by atoms with Crippen LogP contribution in [0.4, 0.5) is 0 Å². The van der Waals surface area contributed by atoms with Crippen molar-refractivity contribution in [2.75, 3.05) is 12.4 Å². The lowest BCUT2D eigenvalue weighted by molar-refractivity contribution is -0.179. The minimum absolute atomic E-state index is 0.317. The Balaban J connectivity index is 2.33. The first-order valence-electron chi connectivity index (χ1n) is 4.24. The molecule has 0 unspecified atom stereocenters. The molecule has 1 saturated heterocycles. The van der Waals surface area contributed by atoms with Crippen LogP contribution in [0.5, 0.6) is 0 Å². The number of esters is 2. The minimum atomic E-state index is -0.667. The van der Waals surface area contributed by atoms with E-state index in [1.54, 1.807) is 6.92 Å². The van der Waals surface area contributed by atoms with E-state index in [4.69, 9.17) is 14.2 Å². The van der Waals surface area contributed by atoms with Crippen molar-refractivity contribution < 1.29 is 23.8 Å². The highest BCUT2D eigenvalue weighted by molar-refractivity contribution is 8.00. The number of ether oxygens (including phenoxy) is 3. The number of hydrogen-bond acceptors (Lipinski definition) is 6. The predicted molar refractivity (Wildman–Crippen MR) is 49.5 cm³/mol. The number of thioether (sulfide) groups is 1. The fraction of sp³-hybridized carbons (Fsp3) is 0.750. The van der Waals surface area contributed by atoms with Crippen molar-refractivity contribution in [3.8, 4) is 0 Å². The van der Waals surface area contributed by atoms with Gasteiger partial charge in [0.05, 0.1) is 12.4 Å². The van der Waals surface area contributed by atoms with E-state index in [0.717, 1.165) is 0 Å². The van der Waals surface area contributed by atoms with Gasteiger partial charge in [0.1, 0.15) is 0 Å². The molecule has 0 saturated carbocycles. The molecule has 6 heteroatoms. The molecule has 0 N–H and O–H groups in total. The number of hydrogen-bond donors (Lipinski definition) is 0. The second-order valence-corrected chi connectivity index (χ2v) is 3.69. The van der Waals surface area contributed by atoms with Crippen LogP contribution < -0.4 is 0 Å². The maximum Gasteiger partial charge on any atom is 0.345 e. The molecule has 1 rings (SSSR count). The van der Waals surface area contributed by atoms with Crippen LogP contribution >= 0.6 is 11.8 Å². The van der Waals surface area contributed by atoms with Crippen LogP contribution in [0.3, 0.4) is 0 Å². The lowest BCUT2D eigenvalue weighted by Gasteiger charge is -2.10. The molecule has 2 atom stereocenters. The molecule has 80 valence electrons. The summed E-state index contributed by atoms with van der Waals surface area (Å²) in [5.41, 5.74) is -0.667. The molecular weight excluding hydrogens is 208 g/mol. The van der Waals surface area contributed by atoms with Gasteiger partial charge in [0.15, 0.2) is 0 Å². The monoisotopic (exact) mass is 220 g/mol. The molecule has 0 spiro atoms. The summed E-state index contributed by atoms with van der Waals surface area (Å²) in [7, 11) is 0. The first-order valence-corrected chi connectivity index (χ1v) is 5.29. The minimum Gasteiger partial charge on any atom is -0.463 e. The zero-order chi connectivity index (χ0) is 10.6. The van der Waals surface area contributed by atoms with E-state index in [9.17, 15) is 9.59 Å². The Morgan fingerprint density at radius 1 is 1.57 bits per heavy atom. The van der Waals surface area contributed by atoms with Gasteiger partial charge in [-0.15, -0.1) is 11.8 Å². The van der Waals surface area contributed by atoms with E-state index in [1.807, 2.05) is 0 Å². The second kappa shape index (κ2) is 5.21. The summed E-state index contributed by atoms with van der Waals surface area (Å²) < 4.78 is 14.7. The van der Waals surface area contributed by atoms with Crippen LogP contribution in [0.25, 0.3) is 0 Å². The van der Waals surface area contributed by atoms with Crippen molar-refractivity contribution in [2.24, 2.45) is 0 Å². The molecule has 0 amide bonds. The Labute approximate surface area is 86.1 Å². The lowest BCUT2D eigenvalue weighted by atomic mass is 10.6. The van der Waals surface area contributed by atoms with Crippen molar-refractivity contribution in [3.63, 3.8) is 0 Å². The van der Waals surface area contributed by atoms with E-state index in [0.29, 0.717) is 12.4 Å². The van der Waals surface area contributed by atoms with Crippen LogP contribution in [0.15, 0.2) is 0 Å². The molecule has 5 nitrogen and oxygen atoms in total. The molecule has 1 aliphatic heterocycles. The summed E-state index contributed by atoms with van der Waals surface area (Å²) >= 11 is 1.27. The third-order valence-corrected chi connectivity index (χ3v) is 2.51. The average molecular weight is 220 g/mol. The van der Waals surface area contributed by atoms with Gasteiger partial charge in [-0.2, -0.15) is 0 Å². The Morgan fingerprint density at radius 2 is 2.29 bits per heavy atom. The van der Waals surface area contributed by atoms with Gasteiger partial charge in [-0.05, 0) is 6.92 Å². The van der Waals surface area contributed by atoms with Gasteiger partial charge < -0.3 is 14.2 Å².